The van der Waals surface area contributed by atoms with Gasteiger partial charge in [-0.05, 0) is 56.8 Å². The van der Waals surface area contributed by atoms with Crippen molar-refractivity contribution in [2.45, 2.75) is 42.5 Å². The molecule has 1 amide bonds. The van der Waals surface area contributed by atoms with Crippen LogP contribution in [0.25, 0.3) is 11.0 Å². The molecule has 36 heavy (non-hydrogen) atoms. The van der Waals surface area contributed by atoms with E-state index in [1.807, 2.05) is 36.4 Å². The fraction of sp³-hybridized carbons (Fsp3) is 0.280. The van der Waals surface area contributed by atoms with Crippen LogP contribution in [0.15, 0.2) is 68.5 Å². The predicted octanol–water partition coefficient (Wildman–Crippen LogP) is 4.66. The average molecular weight is 505 g/mol. The van der Waals surface area contributed by atoms with Gasteiger partial charge >= 0.3 is 6.09 Å². The van der Waals surface area contributed by atoms with E-state index in [2.05, 4.69) is 25.5 Å². The Labute approximate surface area is 210 Å². The molecule has 6 rings (SSSR count). The molecule has 10 nitrogen and oxygen atoms in total. The second kappa shape index (κ2) is 8.30. The Balaban J connectivity index is 1.31. The number of ketones is 1. The first-order valence-corrected chi connectivity index (χ1v) is 12.3. The summed E-state index contributed by atoms with van der Waals surface area (Å²) in [5.74, 6) is 0.660. The van der Waals surface area contributed by atoms with Crippen molar-refractivity contribution in [3.8, 4) is 0 Å². The summed E-state index contributed by atoms with van der Waals surface area (Å²) in [6.07, 6.45) is 1.16. The smallest absolute Gasteiger partial charge is 0.411 e. The Morgan fingerprint density at radius 1 is 1.19 bits per heavy atom. The number of para-hydroxylation sites is 2. The number of nitrogens with zero attached hydrogens (tertiary/aromatic N) is 3. The van der Waals surface area contributed by atoms with Gasteiger partial charge in [0.2, 0.25) is 0 Å². The molecule has 2 aliphatic heterocycles. The fourth-order valence-electron chi connectivity index (χ4n) is 4.49. The number of rotatable bonds is 3. The molecule has 0 spiro atoms. The van der Waals surface area contributed by atoms with E-state index in [1.165, 1.54) is 16.7 Å². The predicted molar refractivity (Wildman–Crippen MR) is 133 cm³/mol. The van der Waals surface area contributed by atoms with Crippen LogP contribution >= 0.6 is 11.8 Å². The molecule has 0 saturated heterocycles. The summed E-state index contributed by atoms with van der Waals surface area (Å²) in [5, 5.41) is 11.7. The van der Waals surface area contributed by atoms with E-state index in [-0.39, 0.29) is 18.9 Å². The Hall–Kier alpha value is -3.99. The molecule has 4 aromatic rings. The molecule has 1 aromatic carbocycles. The topological polar surface area (TPSA) is 129 Å². The van der Waals surface area contributed by atoms with Crippen molar-refractivity contribution in [3.05, 3.63) is 65.2 Å². The Morgan fingerprint density at radius 3 is 2.83 bits per heavy atom. The quantitative estimate of drug-likeness (QED) is 0.367. The summed E-state index contributed by atoms with van der Waals surface area (Å²) in [5.41, 5.74) is 3.17. The van der Waals surface area contributed by atoms with Crippen molar-refractivity contribution in [1.29, 1.82) is 0 Å². The lowest BCUT2D eigenvalue weighted by atomic mass is 9.82. The first kappa shape index (κ1) is 22.5. The van der Waals surface area contributed by atoms with Crippen LogP contribution in [0.4, 0.5) is 10.6 Å². The van der Waals surface area contributed by atoms with Gasteiger partial charge in [0.25, 0.3) is 0 Å². The summed E-state index contributed by atoms with van der Waals surface area (Å²) < 4.78 is 11.7. The van der Waals surface area contributed by atoms with Crippen LogP contribution in [-0.4, -0.2) is 55.6 Å². The number of ether oxygens (including phenoxy) is 1. The maximum absolute atomic E-state index is 13.4. The maximum Gasteiger partial charge on any atom is 0.411 e. The highest BCUT2D eigenvalue weighted by molar-refractivity contribution is 7.99. The van der Waals surface area contributed by atoms with Gasteiger partial charge in [-0.3, -0.25) is 14.8 Å². The van der Waals surface area contributed by atoms with Crippen molar-refractivity contribution < 1.29 is 18.7 Å². The SMILES string of the molecule is CC(C)(C)OC(=O)N1CC(=O)C2=C(C1)Nc1[nH]ncc1C2c1ccc(Sc2nc3ccccc3[nH]2)o1. The van der Waals surface area contributed by atoms with Crippen molar-refractivity contribution >= 4 is 40.5 Å². The van der Waals surface area contributed by atoms with E-state index in [9.17, 15) is 9.59 Å². The number of fused-ring (bicyclic) bond motifs is 2. The number of H-pyrrole nitrogens is 2. The number of hydrogen-bond donors (Lipinski definition) is 3. The Morgan fingerprint density at radius 2 is 2.03 bits per heavy atom. The molecule has 0 fully saturated rings. The molecule has 184 valence electrons. The van der Waals surface area contributed by atoms with E-state index >= 15 is 0 Å². The highest BCUT2D eigenvalue weighted by Crippen LogP contribution is 2.44. The van der Waals surface area contributed by atoms with E-state index < -0.39 is 17.6 Å². The second-order valence-electron chi connectivity index (χ2n) is 9.73. The van der Waals surface area contributed by atoms with Gasteiger partial charge in [0.1, 0.15) is 17.2 Å². The molecule has 3 aromatic heterocycles. The van der Waals surface area contributed by atoms with E-state index in [1.54, 1.807) is 27.0 Å². The molecule has 5 heterocycles. The van der Waals surface area contributed by atoms with Crippen LogP contribution in [0.5, 0.6) is 0 Å². The number of aromatic amines is 2. The standard InChI is InChI=1S/C25H24N6O4S/c1-25(2,3)35-24(33)31-11-16-21(17(32)12-31)20(13-10-26-30-22(13)27-16)18-8-9-19(34-18)36-23-28-14-6-4-5-7-15(14)29-23/h4-10,20H,11-12H2,1-3H3,(H,28,29)(H2,26,27,30). The third-order valence-corrected chi connectivity index (χ3v) is 6.76. The van der Waals surface area contributed by atoms with Crippen LogP contribution in [0.1, 0.15) is 38.0 Å². The molecule has 0 radical (unpaired) electrons. The number of carbonyl (C=O) groups is 2. The lowest BCUT2D eigenvalue weighted by Gasteiger charge is -2.36. The van der Waals surface area contributed by atoms with Crippen LogP contribution in [0, 0.1) is 0 Å². The summed E-state index contributed by atoms with van der Waals surface area (Å²) in [6, 6.07) is 11.6. The van der Waals surface area contributed by atoms with Crippen molar-refractivity contribution in [2.75, 3.05) is 18.4 Å². The van der Waals surface area contributed by atoms with Crippen molar-refractivity contribution in [3.63, 3.8) is 0 Å². The number of nitrogens with one attached hydrogen (secondary N) is 3. The van der Waals surface area contributed by atoms with Gasteiger partial charge in [-0.1, -0.05) is 12.1 Å². The number of imidazole rings is 1. The van der Waals surface area contributed by atoms with E-state index in [0.717, 1.165) is 16.6 Å². The summed E-state index contributed by atoms with van der Waals surface area (Å²) in [6.45, 7) is 5.54. The average Bonchev–Trinajstić information content (AvgIpc) is 3.55. The molecule has 1 atom stereocenters. The zero-order valence-electron chi connectivity index (χ0n) is 19.9. The molecule has 2 aliphatic rings. The molecule has 11 heteroatoms. The molecule has 0 saturated carbocycles. The highest BCUT2D eigenvalue weighted by atomic mass is 32.2. The van der Waals surface area contributed by atoms with Gasteiger partial charge < -0.3 is 19.5 Å². The van der Waals surface area contributed by atoms with Crippen LogP contribution in [0.2, 0.25) is 0 Å². The molecular weight excluding hydrogens is 480 g/mol. The third-order valence-electron chi connectivity index (χ3n) is 5.96. The van der Waals surface area contributed by atoms with E-state index in [0.29, 0.717) is 33.1 Å². The molecule has 1 unspecified atom stereocenters. The van der Waals surface area contributed by atoms with Gasteiger partial charge in [-0.15, -0.1) is 0 Å². The lowest BCUT2D eigenvalue weighted by Crippen LogP contribution is -2.47. The van der Waals surface area contributed by atoms with Gasteiger partial charge in [-0.2, -0.15) is 5.10 Å². The molecule has 3 N–H and O–H groups in total. The van der Waals surface area contributed by atoms with Crippen molar-refractivity contribution in [2.24, 2.45) is 0 Å². The normalized spacial score (nSPS) is 17.7. The van der Waals surface area contributed by atoms with Gasteiger partial charge in [0, 0.05) is 16.8 Å². The molecule has 0 bridgehead atoms. The number of benzene rings is 1. The summed E-state index contributed by atoms with van der Waals surface area (Å²) >= 11 is 1.38. The number of amides is 1. The number of hydrogen-bond acceptors (Lipinski definition) is 8. The second-order valence-corrected chi connectivity index (χ2v) is 10.7. The zero-order valence-corrected chi connectivity index (χ0v) is 20.7. The van der Waals surface area contributed by atoms with Crippen LogP contribution in [0.3, 0.4) is 0 Å². The van der Waals surface area contributed by atoms with Gasteiger partial charge in [0.05, 0.1) is 36.2 Å². The van der Waals surface area contributed by atoms with Gasteiger partial charge in [0.15, 0.2) is 16.0 Å². The molecular formula is C25H24N6O4S. The largest absolute Gasteiger partial charge is 0.453 e. The lowest BCUT2D eigenvalue weighted by molar-refractivity contribution is -0.117. The number of furan rings is 1. The van der Waals surface area contributed by atoms with E-state index in [4.69, 9.17) is 9.15 Å². The fourth-order valence-corrected chi connectivity index (χ4v) is 5.26. The first-order valence-electron chi connectivity index (χ1n) is 11.5. The summed E-state index contributed by atoms with van der Waals surface area (Å²) in [7, 11) is 0. The number of Topliss-reactive ketones (excluding diaryl/α,β-unsaturated/α-hetero) is 1. The maximum atomic E-state index is 13.4. The monoisotopic (exact) mass is 504 g/mol. The van der Waals surface area contributed by atoms with Crippen LogP contribution < -0.4 is 5.32 Å². The third kappa shape index (κ3) is 4.05. The minimum Gasteiger partial charge on any atom is -0.453 e. The minimum absolute atomic E-state index is 0.0690. The van der Waals surface area contributed by atoms with Gasteiger partial charge in [-0.25, -0.2) is 9.78 Å². The Kier molecular flexibility index (Phi) is 5.18. The minimum atomic E-state index is -0.657. The summed E-state index contributed by atoms with van der Waals surface area (Å²) in [4.78, 5) is 35.3. The number of carbonyl (C=O) groups excluding carboxylic acids is 2. The highest BCUT2D eigenvalue weighted by Gasteiger charge is 2.41. The first-order chi connectivity index (χ1) is 17.2. The van der Waals surface area contributed by atoms with Crippen molar-refractivity contribution in [1.82, 2.24) is 25.1 Å². The van der Waals surface area contributed by atoms with Crippen LogP contribution in [-0.2, 0) is 9.53 Å². The molecule has 0 aliphatic carbocycles. The number of anilines is 1. The zero-order chi connectivity index (χ0) is 25.0. The number of aromatic nitrogens is 4. The Bertz CT molecular complexity index is 1490.